The normalized spacial score (nSPS) is 11.4. The topological polar surface area (TPSA) is 35.2 Å². The predicted molar refractivity (Wildman–Crippen MR) is 59.5 cm³/mol. The fraction of sp³-hybridized carbons (Fsp3) is 0.500. The lowest BCUT2D eigenvalue weighted by atomic mass is 9.86. The predicted octanol–water partition coefficient (Wildman–Crippen LogP) is 2.22. The molecule has 0 aromatic heterocycles. The number of rotatable bonds is 4. The van der Waals surface area contributed by atoms with Gasteiger partial charge in [-0.15, -0.1) is 0 Å². The first-order chi connectivity index (χ1) is 6.57. The van der Waals surface area contributed by atoms with Crippen LogP contribution >= 0.6 is 0 Å². The van der Waals surface area contributed by atoms with Crippen LogP contribution in [0.4, 0.5) is 0 Å². The summed E-state index contributed by atoms with van der Waals surface area (Å²) in [7, 11) is 1.68. The maximum atomic E-state index is 5.69. The lowest BCUT2D eigenvalue weighted by Crippen LogP contribution is -2.25. The summed E-state index contributed by atoms with van der Waals surface area (Å²) in [5.74, 6) is 0.902. The third-order valence-electron chi connectivity index (χ3n) is 2.39. The first-order valence-electron chi connectivity index (χ1n) is 4.90. The lowest BCUT2D eigenvalue weighted by Gasteiger charge is -2.22. The zero-order chi connectivity index (χ0) is 10.6. The van der Waals surface area contributed by atoms with Crippen molar-refractivity contribution in [1.29, 1.82) is 0 Å². The zero-order valence-corrected chi connectivity index (χ0v) is 9.21. The molecular weight excluding hydrogens is 174 g/mol. The van der Waals surface area contributed by atoms with Gasteiger partial charge in [-0.3, -0.25) is 0 Å². The van der Waals surface area contributed by atoms with Gasteiger partial charge in [0.25, 0.3) is 0 Å². The summed E-state index contributed by atoms with van der Waals surface area (Å²) in [4.78, 5) is 0. The molecule has 0 heterocycles. The highest BCUT2D eigenvalue weighted by Gasteiger charge is 2.15. The van der Waals surface area contributed by atoms with E-state index in [1.807, 2.05) is 12.1 Å². The van der Waals surface area contributed by atoms with Crippen LogP contribution < -0.4 is 10.5 Å². The van der Waals surface area contributed by atoms with Crippen LogP contribution in [0.2, 0.25) is 0 Å². The summed E-state index contributed by atoms with van der Waals surface area (Å²) >= 11 is 0. The van der Waals surface area contributed by atoms with Crippen molar-refractivity contribution < 1.29 is 4.74 Å². The van der Waals surface area contributed by atoms with E-state index in [4.69, 9.17) is 10.5 Å². The third-order valence-corrected chi connectivity index (χ3v) is 2.39. The molecule has 0 fully saturated rings. The molecule has 1 aromatic carbocycles. The third kappa shape index (κ3) is 3.04. The zero-order valence-electron chi connectivity index (χ0n) is 9.21. The van der Waals surface area contributed by atoms with Crippen molar-refractivity contribution in [1.82, 2.24) is 0 Å². The molecule has 0 aliphatic rings. The van der Waals surface area contributed by atoms with E-state index in [9.17, 15) is 0 Å². The molecule has 0 amide bonds. The van der Waals surface area contributed by atoms with Crippen LogP contribution in [0.1, 0.15) is 19.4 Å². The number of hydrogen-bond acceptors (Lipinski definition) is 2. The summed E-state index contributed by atoms with van der Waals surface area (Å²) in [6, 6.07) is 8.16. The maximum Gasteiger partial charge on any atom is 0.118 e. The van der Waals surface area contributed by atoms with Crippen LogP contribution in [-0.2, 0) is 6.42 Å². The summed E-state index contributed by atoms with van der Waals surface area (Å²) in [6.45, 7) is 5.06. The second-order valence-electron chi connectivity index (χ2n) is 4.39. The number of nitrogens with two attached hydrogens (primary N) is 1. The molecule has 0 aliphatic carbocycles. The Morgan fingerprint density at radius 2 is 1.79 bits per heavy atom. The van der Waals surface area contributed by atoms with Crippen molar-refractivity contribution in [3.05, 3.63) is 29.8 Å². The van der Waals surface area contributed by atoms with Gasteiger partial charge in [0.05, 0.1) is 7.11 Å². The van der Waals surface area contributed by atoms with Crippen LogP contribution in [0.25, 0.3) is 0 Å². The summed E-state index contributed by atoms with van der Waals surface area (Å²) in [5.41, 5.74) is 7.17. The van der Waals surface area contributed by atoms with Crippen molar-refractivity contribution in [3.63, 3.8) is 0 Å². The summed E-state index contributed by atoms with van der Waals surface area (Å²) in [5, 5.41) is 0. The van der Waals surface area contributed by atoms with Crippen molar-refractivity contribution >= 4 is 0 Å². The molecule has 0 radical (unpaired) electrons. The van der Waals surface area contributed by atoms with Crippen LogP contribution in [-0.4, -0.2) is 13.7 Å². The summed E-state index contributed by atoms with van der Waals surface area (Å²) in [6.07, 6.45) is 1.01. The van der Waals surface area contributed by atoms with Crippen molar-refractivity contribution in [2.24, 2.45) is 11.1 Å². The highest BCUT2D eigenvalue weighted by molar-refractivity contribution is 5.27. The molecular formula is C12H19NO. The van der Waals surface area contributed by atoms with Crippen LogP contribution in [0.3, 0.4) is 0 Å². The highest BCUT2D eigenvalue weighted by atomic mass is 16.5. The molecule has 0 saturated heterocycles. The Bertz CT molecular complexity index is 277. The monoisotopic (exact) mass is 193 g/mol. The molecule has 0 bridgehead atoms. The van der Waals surface area contributed by atoms with Gasteiger partial charge in [0.2, 0.25) is 0 Å². The van der Waals surface area contributed by atoms with E-state index in [-0.39, 0.29) is 5.41 Å². The van der Waals surface area contributed by atoms with E-state index < -0.39 is 0 Å². The molecule has 2 N–H and O–H groups in total. The Hall–Kier alpha value is -1.02. The Morgan fingerprint density at radius 1 is 1.21 bits per heavy atom. The Balaban J connectivity index is 2.69. The standard InChI is InChI=1S/C12H19NO/c1-12(2,9-13)8-10-4-6-11(14-3)7-5-10/h4-7H,8-9,13H2,1-3H3. The average molecular weight is 193 g/mol. The Morgan fingerprint density at radius 3 is 2.21 bits per heavy atom. The van der Waals surface area contributed by atoms with E-state index in [0.29, 0.717) is 6.54 Å². The van der Waals surface area contributed by atoms with Gasteiger partial charge in [0.1, 0.15) is 5.75 Å². The van der Waals surface area contributed by atoms with Crippen molar-refractivity contribution in [2.45, 2.75) is 20.3 Å². The molecule has 1 aromatic rings. The van der Waals surface area contributed by atoms with Gasteiger partial charge < -0.3 is 10.5 Å². The SMILES string of the molecule is COc1ccc(CC(C)(C)CN)cc1. The average Bonchev–Trinajstić information content (AvgIpc) is 2.19. The first kappa shape index (κ1) is 11.1. The number of hydrogen-bond donors (Lipinski definition) is 1. The molecule has 0 saturated carbocycles. The summed E-state index contributed by atoms with van der Waals surface area (Å²) < 4.78 is 5.10. The van der Waals surface area contributed by atoms with Gasteiger partial charge in [-0.1, -0.05) is 26.0 Å². The van der Waals surface area contributed by atoms with Gasteiger partial charge in [0.15, 0.2) is 0 Å². The quantitative estimate of drug-likeness (QED) is 0.795. The molecule has 1 rings (SSSR count). The minimum Gasteiger partial charge on any atom is -0.497 e. The fourth-order valence-electron chi connectivity index (χ4n) is 1.37. The van der Waals surface area contributed by atoms with Gasteiger partial charge in [-0.05, 0) is 36.1 Å². The Kier molecular flexibility index (Phi) is 3.53. The van der Waals surface area contributed by atoms with Crippen molar-refractivity contribution in [3.8, 4) is 5.75 Å². The molecule has 0 aliphatic heterocycles. The molecule has 2 nitrogen and oxygen atoms in total. The molecule has 78 valence electrons. The minimum absolute atomic E-state index is 0.175. The van der Waals surface area contributed by atoms with Gasteiger partial charge in [-0.25, -0.2) is 0 Å². The van der Waals surface area contributed by atoms with Gasteiger partial charge >= 0.3 is 0 Å². The van der Waals surface area contributed by atoms with Crippen LogP contribution in [0.5, 0.6) is 5.75 Å². The second kappa shape index (κ2) is 4.47. The van der Waals surface area contributed by atoms with E-state index in [0.717, 1.165) is 12.2 Å². The fourth-order valence-corrected chi connectivity index (χ4v) is 1.37. The van der Waals surface area contributed by atoms with Gasteiger partial charge in [0, 0.05) is 0 Å². The second-order valence-corrected chi connectivity index (χ2v) is 4.39. The molecule has 2 heteroatoms. The van der Waals surface area contributed by atoms with Crippen LogP contribution in [0, 0.1) is 5.41 Å². The number of methoxy groups -OCH3 is 1. The maximum absolute atomic E-state index is 5.69. The largest absolute Gasteiger partial charge is 0.497 e. The highest BCUT2D eigenvalue weighted by Crippen LogP contribution is 2.21. The molecule has 0 atom stereocenters. The Labute approximate surface area is 86.1 Å². The van der Waals surface area contributed by atoms with E-state index >= 15 is 0 Å². The van der Waals surface area contributed by atoms with E-state index in [2.05, 4.69) is 26.0 Å². The van der Waals surface area contributed by atoms with Crippen molar-refractivity contribution in [2.75, 3.05) is 13.7 Å². The van der Waals surface area contributed by atoms with Gasteiger partial charge in [-0.2, -0.15) is 0 Å². The molecule has 0 unspecified atom stereocenters. The van der Waals surface area contributed by atoms with Crippen LogP contribution in [0.15, 0.2) is 24.3 Å². The number of ether oxygens (including phenoxy) is 1. The van der Waals surface area contributed by atoms with E-state index in [1.165, 1.54) is 5.56 Å². The lowest BCUT2D eigenvalue weighted by molar-refractivity contribution is 0.376. The smallest absolute Gasteiger partial charge is 0.118 e. The molecule has 14 heavy (non-hydrogen) atoms. The minimum atomic E-state index is 0.175. The first-order valence-corrected chi connectivity index (χ1v) is 4.90. The molecule has 0 spiro atoms. The van der Waals surface area contributed by atoms with E-state index in [1.54, 1.807) is 7.11 Å². The number of benzene rings is 1.